The predicted molar refractivity (Wildman–Crippen MR) is 90.8 cm³/mol. The number of hydrogen-bond donors (Lipinski definition) is 1. The van der Waals surface area contributed by atoms with Gasteiger partial charge < -0.3 is 15.0 Å². The zero-order chi connectivity index (χ0) is 16.2. The molecule has 2 N–H and O–H groups in total. The highest BCUT2D eigenvalue weighted by atomic mass is 16.5. The van der Waals surface area contributed by atoms with Crippen molar-refractivity contribution in [3.63, 3.8) is 0 Å². The number of nitrogens with two attached hydrogens (primary N) is 1. The van der Waals surface area contributed by atoms with Crippen LogP contribution in [-0.4, -0.2) is 16.6 Å². The number of hydrogen-bond acceptors (Lipinski definition) is 3. The molecule has 3 aromatic rings. The van der Waals surface area contributed by atoms with Gasteiger partial charge in [0, 0.05) is 30.6 Å². The summed E-state index contributed by atoms with van der Waals surface area (Å²) in [6.45, 7) is 0.253. The Balaban J connectivity index is 1.66. The number of carbonyl (C=O) groups excluding carboxylic acids is 1. The average molecular weight is 308 g/mol. The van der Waals surface area contributed by atoms with Gasteiger partial charge in [-0.25, -0.2) is 0 Å². The minimum Gasteiger partial charge on any atom is -0.460 e. The molecule has 0 saturated heterocycles. The zero-order valence-corrected chi connectivity index (χ0v) is 13.1. The van der Waals surface area contributed by atoms with Crippen LogP contribution in [0.2, 0.25) is 0 Å². The van der Waals surface area contributed by atoms with E-state index in [0.717, 1.165) is 22.0 Å². The molecule has 23 heavy (non-hydrogen) atoms. The standard InChI is InChI=1S/C19H20N2O2/c1-21-12-15(16-9-5-6-10-18(16)21)11-17(20)19(22)23-13-14-7-3-2-4-8-14/h2-10,12,17H,11,13,20H2,1H3/t17-/m0/s1. The van der Waals surface area contributed by atoms with Crippen molar-refractivity contribution >= 4 is 16.9 Å². The van der Waals surface area contributed by atoms with Gasteiger partial charge in [0.2, 0.25) is 0 Å². The van der Waals surface area contributed by atoms with Gasteiger partial charge in [-0.1, -0.05) is 48.5 Å². The molecule has 1 heterocycles. The quantitative estimate of drug-likeness (QED) is 0.737. The number of aryl methyl sites for hydroxylation is 1. The van der Waals surface area contributed by atoms with E-state index in [1.165, 1.54) is 0 Å². The lowest BCUT2D eigenvalue weighted by molar-refractivity contribution is -0.146. The second kappa shape index (κ2) is 6.67. The van der Waals surface area contributed by atoms with Gasteiger partial charge in [-0.3, -0.25) is 4.79 Å². The third-order valence-electron chi connectivity index (χ3n) is 3.95. The zero-order valence-electron chi connectivity index (χ0n) is 13.1. The smallest absolute Gasteiger partial charge is 0.323 e. The summed E-state index contributed by atoms with van der Waals surface area (Å²) < 4.78 is 7.36. The van der Waals surface area contributed by atoms with E-state index in [-0.39, 0.29) is 12.6 Å². The molecule has 118 valence electrons. The molecule has 0 unspecified atom stereocenters. The third-order valence-corrected chi connectivity index (χ3v) is 3.95. The van der Waals surface area contributed by atoms with Gasteiger partial charge in [-0.05, 0) is 17.2 Å². The van der Waals surface area contributed by atoms with Gasteiger partial charge in [-0.2, -0.15) is 0 Å². The van der Waals surface area contributed by atoms with Crippen LogP contribution in [0.3, 0.4) is 0 Å². The number of esters is 1. The fourth-order valence-electron chi connectivity index (χ4n) is 2.74. The van der Waals surface area contributed by atoms with E-state index in [0.29, 0.717) is 6.42 Å². The monoisotopic (exact) mass is 308 g/mol. The lowest BCUT2D eigenvalue weighted by Gasteiger charge is -2.11. The van der Waals surface area contributed by atoms with Crippen molar-refractivity contribution in [2.24, 2.45) is 12.8 Å². The Kier molecular flexibility index (Phi) is 4.44. The largest absolute Gasteiger partial charge is 0.460 e. The first-order chi connectivity index (χ1) is 11.1. The molecule has 0 aliphatic rings. The highest BCUT2D eigenvalue weighted by Crippen LogP contribution is 2.21. The Labute approximate surface area is 135 Å². The third kappa shape index (κ3) is 3.43. The van der Waals surface area contributed by atoms with E-state index in [9.17, 15) is 4.79 Å². The second-order valence-corrected chi connectivity index (χ2v) is 5.69. The van der Waals surface area contributed by atoms with Crippen LogP contribution >= 0.6 is 0 Å². The van der Waals surface area contributed by atoms with E-state index in [4.69, 9.17) is 10.5 Å². The topological polar surface area (TPSA) is 57.2 Å². The van der Waals surface area contributed by atoms with Crippen molar-refractivity contribution in [1.29, 1.82) is 0 Å². The summed E-state index contributed by atoms with van der Waals surface area (Å²) in [6.07, 6.45) is 2.49. The first-order valence-electron chi connectivity index (χ1n) is 7.64. The Morgan fingerprint density at radius 1 is 1.13 bits per heavy atom. The lowest BCUT2D eigenvalue weighted by Crippen LogP contribution is -2.34. The Hall–Kier alpha value is -2.59. The summed E-state index contributed by atoms with van der Waals surface area (Å²) in [4.78, 5) is 12.1. The van der Waals surface area contributed by atoms with Crippen molar-refractivity contribution in [2.45, 2.75) is 19.1 Å². The normalized spacial score (nSPS) is 12.3. The van der Waals surface area contributed by atoms with Crippen molar-refractivity contribution < 1.29 is 9.53 Å². The van der Waals surface area contributed by atoms with Crippen molar-refractivity contribution in [2.75, 3.05) is 0 Å². The molecular weight excluding hydrogens is 288 g/mol. The number of benzene rings is 2. The number of carbonyl (C=O) groups is 1. The van der Waals surface area contributed by atoms with E-state index in [1.54, 1.807) is 0 Å². The summed E-state index contributed by atoms with van der Waals surface area (Å²) in [6, 6.07) is 17.0. The number of ether oxygens (including phenoxy) is 1. The van der Waals surface area contributed by atoms with E-state index < -0.39 is 6.04 Å². The molecule has 3 rings (SSSR count). The maximum Gasteiger partial charge on any atom is 0.323 e. The number of para-hydroxylation sites is 1. The second-order valence-electron chi connectivity index (χ2n) is 5.69. The summed E-state index contributed by atoms with van der Waals surface area (Å²) in [5.74, 6) is -0.373. The highest BCUT2D eigenvalue weighted by Gasteiger charge is 2.18. The summed E-state index contributed by atoms with van der Waals surface area (Å²) in [5.41, 5.74) is 9.18. The molecule has 4 nitrogen and oxygen atoms in total. The van der Waals surface area contributed by atoms with Gasteiger partial charge in [0.25, 0.3) is 0 Å². The molecule has 0 bridgehead atoms. The first kappa shape index (κ1) is 15.3. The van der Waals surface area contributed by atoms with E-state index in [1.807, 2.05) is 66.3 Å². The number of nitrogens with zero attached hydrogens (tertiary/aromatic N) is 1. The molecule has 4 heteroatoms. The van der Waals surface area contributed by atoms with Crippen LogP contribution in [-0.2, 0) is 29.6 Å². The van der Waals surface area contributed by atoms with Crippen LogP contribution in [0.4, 0.5) is 0 Å². The highest BCUT2D eigenvalue weighted by molar-refractivity contribution is 5.85. The minimum absolute atomic E-state index is 0.253. The van der Waals surface area contributed by atoms with E-state index in [2.05, 4.69) is 6.07 Å². The average Bonchev–Trinajstić information content (AvgIpc) is 2.90. The van der Waals surface area contributed by atoms with Gasteiger partial charge in [0.1, 0.15) is 12.6 Å². The van der Waals surface area contributed by atoms with Crippen LogP contribution in [0.5, 0.6) is 0 Å². The summed E-state index contributed by atoms with van der Waals surface area (Å²) in [5, 5.41) is 1.13. The van der Waals surface area contributed by atoms with Crippen LogP contribution in [0.1, 0.15) is 11.1 Å². The van der Waals surface area contributed by atoms with Crippen LogP contribution in [0.25, 0.3) is 10.9 Å². The Morgan fingerprint density at radius 2 is 1.83 bits per heavy atom. The molecule has 1 aromatic heterocycles. The van der Waals surface area contributed by atoms with Crippen LogP contribution < -0.4 is 5.73 Å². The minimum atomic E-state index is -0.662. The van der Waals surface area contributed by atoms with Gasteiger partial charge in [0.05, 0.1) is 0 Å². The fraction of sp³-hybridized carbons (Fsp3) is 0.211. The molecule has 2 aromatic carbocycles. The first-order valence-corrected chi connectivity index (χ1v) is 7.64. The maximum atomic E-state index is 12.1. The molecule has 0 fully saturated rings. The molecular formula is C19H20N2O2. The summed E-state index contributed by atoms with van der Waals surface area (Å²) >= 11 is 0. The molecule has 1 atom stereocenters. The number of rotatable bonds is 5. The van der Waals surface area contributed by atoms with Gasteiger partial charge in [-0.15, -0.1) is 0 Å². The Bertz CT molecular complexity index is 809. The number of fused-ring (bicyclic) bond motifs is 1. The number of aromatic nitrogens is 1. The molecule has 0 aliphatic carbocycles. The SMILES string of the molecule is Cn1cc(C[C@H](N)C(=O)OCc2ccccc2)c2ccccc21. The van der Waals surface area contributed by atoms with Crippen molar-refractivity contribution in [1.82, 2.24) is 4.57 Å². The van der Waals surface area contributed by atoms with Gasteiger partial charge >= 0.3 is 5.97 Å². The maximum absolute atomic E-state index is 12.1. The van der Waals surface area contributed by atoms with Gasteiger partial charge in [0.15, 0.2) is 0 Å². The van der Waals surface area contributed by atoms with Crippen LogP contribution in [0, 0.1) is 0 Å². The molecule has 0 saturated carbocycles. The molecule has 0 amide bonds. The molecule has 0 radical (unpaired) electrons. The molecule has 0 aliphatic heterocycles. The lowest BCUT2D eigenvalue weighted by atomic mass is 10.1. The fourth-order valence-corrected chi connectivity index (χ4v) is 2.74. The molecule has 0 spiro atoms. The predicted octanol–water partition coefficient (Wildman–Crippen LogP) is 2.79. The van der Waals surface area contributed by atoms with Crippen molar-refractivity contribution in [3.8, 4) is 0 Å². The van der Waals surface area contributed by atoms with Crippen LogP contribution in [0.15, 0.2) is 60.8 Å². The van der Waals surface area contributed by atoms with E-state index >= 15 is 0 Å². The van der Waals surface area contributed by atoms with Crippen molar-refractivity contribution in [3.05, 3.63) is 71.9 Å². The summed E-state index contributed by atoms with van der Waals surface area (Å²) in [7, 11) is 1.99. The Morgan fingerprint density at radius 3 is 2.61 bits per heavy atom.